The molecule has 0 spiro atoms. The molecule has 0 saturated carbocycles. The molecule has 0 aromatic carbocycles. The van der Waals surface area contributed by atoms with Gasteiger partial charge in [0.25, 0.3) is 0 Å². The molecule has 0 fully saturated rings. The monoisotopic (exact) mass is 342 g/mol. The van der Waals surface area contributed by atoms with Gasteiger partial charge in [-0.1, -0.05) is 24.3 Å². The number of pyridine rings is 1. The van der Waals surface area contributed by atoms with E-state index in [0.29, 0.717) is 5.35 Å². The van der Waals surface area contributed by atoms with E-state index in [-0.39, 0.29) is 11.2 Å². The van der Waals surface area contributed by atoms with E-state index < -0.39 is 5.97 Å². The van der Waals surface area contributed by atoms with Crippen LogP contribution in [0.5, 0.6) is 0 Å². The second-order valence-electron chi connectivity index (χ2n) is 4.02. The van der Waals surface area contributed by atoms with Crippen LogP contribution in [0.4, 0.5) is 0 Å². The molecule has 2 rings (SSSR count). The van der Waals surface area contributed by atoms with Crippen LogP contribution in [-0.4, -0.2) is 21.6 Å². The van der Waals surface area contributed by atoms with Gasteiger partial charge < -0.3 is 5.11 Å². The first-order valence-corrected chi connectivity index (χ1v) is 6.12. The summed E-state index contributed by atoms with van der Waals surface area (Å²) < 4.78 is 3.13. The molecular weight excluding hydrogens is 331 g/mol. The highest BCUT2D eigenvalue weighted by Crippen LogP contribution is 2.10. The maximum atomic E-state index is 10.9. The van der Waals surface area contributed by atoms with Crippen molar-refractivity contribution in [1.82, 2.24) is 8.51 Å². The van der Waals surface area contributed by atoms with E-state index in [1.807, 2.05) is 31.2 Å². The number of hydrogen-bond donors (Lipinski definition) is 2. The van der Waals surface area contributed by atoms with Crippen LogP contribution in [0.1, 0.15) is 17.4 Å². The fourth-order valence-electron chi connectivity index (χ4n) is 1.60. The van der Waals surface area contributed by atoms with E-state index in [4.69, 9.17) is 5.11 Å². The summed E-state index contributed by atoms with van der Waals surface area (Å²) in [5, 5.41) is 10.5. The molecule has 0 aliphatic heterocycles. The van der Waals surface area contributed by atoms with Gasteiger partial charge in [0, 0.05) is 22.9 Å². The summed E-state index contributed by atoms with van der Waals surface area (Å²) >= 11 is 2.07. The van der Waals surface area contributed by atoms with Crippen molar-refractivity contribution in [3.8, 4) is 0 Å². The lowest BCUT2D eigenvalue weighted by Gasteiger charge is -2.18. The van der Waals surface area contributed by atoms with E-state index in [2.05, 4.69) is 31.4 Å². The van der Waals surface area contributed by atoms with Crippen LogP contribution >= 0.6 is 22.9 Å². The second kappa shape index (κ2) is 4.58. The molecule has 88 valence electrons. The van der Waals surface area contributed by atoms with Crippen molar-refractivity contribution in [3.05, 3.63) is 40.5 Å². The number of rotatable bonds is 2. The third-order valence-electron chi connectivity index (χ3n) is 2.53. The van der Waals surface area contributed by atoms with E-state index in [0.717, 1.165) is 5.22 Å². The number of nitrogens with one attached hydrogen (secondary N) is 1. The summed E-state index contributed by atoms with van der Waals surface area (Å²) in [6.07, 6.45) is 7.78. The van der Waals surface area contributed by atoms with Crippen molar-refractivity contribution in [1.29, 1.82) is 0 Å². The molecule has 0 saturated heterocycles. The fourth-order valence-corrected chi connectivity index (χ4v) is 1.94. The summed E-state index contributed by atoms with van der Waals surface area (Å²) in [5.41, 5.74) is -0.266. The Hall–Kier alpha value is -1.21. The highest BCUT2D eigenvalue weighted by atomic mass is 127. The number of allylic oxidation sites excluding steroid dienone is 1. The first-order valence-electron chi connectivity index (χ1n) is 5.05. The highest BCUT2D eigenvalue weighted by Gasteiger charge is 2.16. The van der Waals surface area contributed by atoms with Crippen LogP contribution in [0.25, 0.3) is 12.2 Å². The maximum Gasteiger partial charge on any atom is 0.354 e. The summed E-state index contributed by atoms with van der Waals surface area (Å²) in [5.74, 6) is -1.01. The zero-order valence-corrected chi connectivity index (χ0v) is 11.3. The smallest absolute Gasteiger partial charge is 0.354 e. The Kier molecular flexibility index (Phi) is 3.30. The van der Waals surface area contributed by atoms with Crippen LogP contribution < -0.4 is 14.1 Å². The van der Waals surface area contributed by atoms with Crippen molar-refractivity contribution < 1.29 is 9.90 Å². The number of halogens is 1. The summed E-state index contributed by atoms with van der Waals surface area (Å²) in [6.45, 7) is 1.99. The SMILES string of the molecule is CC1(NI)C=CC=c2ccc(C(=O)O)nc2=C1. The predicted octanol–water partition coefficient (Wildman–Crippen LogP) is 0.609. The molecule has 1 aromatic rings. The number of aromatic carboxylic acids is 1. The topological polar surface area (TPSA) is 62.2 Å². The minimum atomic E-state index is -1.01. The Morgan fingerprint density at radius 3 is 2.94 bits per heavy atom. The average Bonchev–Trinajstić information content (AvgIpc) is 2.46. The van der Waals surface area contributed by atoms with Gasteiger partial charge in [-0.3, -0.25) is 0 Å². The molecule has 1 aliphatic rings. The molecule has 1 atom stereocenters. The van der Waals surface area contributed by atoms with E-state index in [1.54, 1.807) is 6.07 Å². The number of nitrogens with zero attached hydrogens (tertiary/aromatic N) is 1. The van der Waals surface area contributed by atoms with Crippen molar-refractivity contribution >= 4 is 41.0 Å². The Labute approximate surface area is 112 Å². The number of carboxylic acid groups (broad SMARTS) is 1. The Bertz CT molecular complexity index is 609. The minimum absolute atomic E-state index is 0.0612. The summed E-state index contributed by atoms with van der Waals surface area (Å²) in [4.78, 5) is 15.0. The van der Waals surface area contributed by atoms with E-state index >= 15 is 0 Å². The molecule has 17 heavy (non-hydrogen) atoms. The number of hydrogen-bond acceptors (Lipinski definition) is 3. The normalized spacial score (nSPS) is 22.0. The Morgan fingerprint density at radius 2 is 2.29 bits per heavy atom. The lowest BCUT2D eigenvalue weighted by atomic mass is 10.0. The molecule has 2 N–H and O–H groups in total. The molecule has 1 unspecified atom stereocenters. The van der Waals surface area contributed by atoms with Crippen LogP contribution in [-0.2, 0) is 0 Å². The molecule has 1 heterocycles. The van der Waals surface area contributed by atoms with E-state index in [1.165, 1.54) is 6.07 Å². The molecule has 5 heteroatoms. The first kappa shape index (κ1) is 12.3. The van der Waals surface area contributed by atoms with Gasteiger partial charge in [-0.15, -0.1) is 0 Å². The Balaban J connectivity index is 2.69. The molecule has 0 bridgehead atoms. The molecule has 0 radical (unpaired) electrons. The number of carbonyl (C=O) groups is 1. The molecular formula is C12H11IN2O2. The van der Waals surface area contributed by atoms with Gasteiger partial charge in [-0.2, -0.15) is 0 Å². The lowest BCUT2D eigenvalue weighted by molar-refractivity contribution is 0.0690. The van der Waals surface area contributed by atoms with Gasteiger partial charge in [-0.05, 0) is 24.3 Å². The summed E-state index contributed by atoms with van der Waals surface area (Å²) in [7, 11) is 0. The molecule has 4 nitrogen and oxygen atoms in total. The van der Waals surface area contributed by atoms with Crippen LogP contribution in [0.2, 0.25) is 0 Å². The van der Waals surface area contributed by atoms with Crippen molar-refractivity contribution in [2.45, 2.75) is 12.5 Å². The molecule has 1 aliphatic carbocycles. The van der Waals surface area contributed by atoms with Gasteiger partial charge in [0.15, 0.2) is 0 Å². The standard InChI is InChI=1S/C12H11IN2O2/c1-12(15-13)6-2-3-8-4-5-9(11(16)17)14-10(8)7-12/h2-7,15H,1H3,(H,16,17). The largest absolute Gasteiger partial charge is 0.477 e. The average molecular weight is 342 g/mol. The fraction of sp³-hybridized carbons (Fsp3) is 0.167. The zero-order chi connectivity index (χ0) is 12.5. The number of fused-ring (bicyclic) bond motifs is 1. The third kappa shape index (κ3) is 2.55. The zero-order valence-electron chi connectivity index (χ0n) is 9.14. The Morgan fingerprint density at radius 1 is 1.53 bits per heavy atom. The minimum Gasteiger partial charge on any atom is -0.477 e. The van der Waals surface area contributed by atoms with Crippen molar-refractivity contribution in [2.24, 2.45) is 0 Å². The van der Waals surface area contributed by atoms with Gasteiger partial charge >= 0.3 is 5.97 Å². The van der Waals surface area contributed by atoms with Crippen LogP contribution in [0.15, 0.2) is 24.3 Å². The quantitative estimate of drug-likeness (QED) is 0.611. The van der Waals surface area contributed by atoms with Gasteiger partial charge in [0.1, 0.15) is 5.69 Å². The van der Waals surface area contributed by atoms with Crippen molar-refractivity contribution in [2.75, 3.05) is 0 Å². The molecule has 0 amide bonds. The third-order valence-corrected chi connectivity index (χ3v) is 3.70. The maximum absolute atomic E-state index is 10.9. The van der Waals surface area contributed by atoms with Gasteiger partial charge in [0.05, 0.1) is 10.9 Å². The van der Waals surface area contributed by atoms with Crippen molar-refractivity contribution in [3.63, 3.8) is 0 Å². The van der Waals surface area contributed by atoms with Crippen LogP contribution in [0.3, 0.4) is 0 Å². The van der Waals surface area contributed by atoms with Crippen LogP contribution in [0, 0.1) is 0 Å². The number of aromatic nitrogens is 1. The van der Waals surface area contributed by atoms with Gasteiger partial charge in [0.2, 0.25) is 0 Å². The molecule has 1 aromatic heterocycles. The summed E-state index contributed by atoms with van der Waals surface area (Å²) in [6, 6.07) is 3.28. The predicted molar refractivity (Wildman–Crippen MR) is 74.1 cm³/mol. The van der Waals surface area contributed by atoms with E-state index in [9.17, 15) is 4.79 Å². The second-order valence-corrected chi connectivity index (χ2v) is 4.56. The lowest BCUT2D eigenvalue weighted by Crippen LogP contribution is -2.37. The van der Waals surface area contributed by atoms with Gasteiger partial charge in [-0.25, -0.2) is 13.3 Å². The first-order chi connectivity index (χ1) is 8.04. The highest BCUT2D eigenvalue weighted by molar-refractivity contribution is 14.1. The number of carboxylic acids is 1.